The zero-order chi connectivity index (χ0) is 21.2. The molecule has 1 fully saturated rings. The van der Waals surface area contributed by atoms with Gasteiger partial charge in [0, 0.05) is 37.3 Å². The third-order valence-corrected chi connectivity index (χ3v) is 5.37. The SMILES string of the molecule is CCNC(=NCc1ccccc1OC(F)F)NCC1(c2ccccc2)CCOCC1. The van der Waals surface area contributed by atoms with Crippen molar-refractivity contribution in [1.29, 1.82) is 0 Å². The van der Waals surface area contributed by atoms with Gasteiger partial charge in [-0.25, -0.2) is 4.99 Å². The van der Waals surface area contributed by atoms with Crippen LogP contribution < -0.4 is 15.4 Å². The van der Waals surface area contributed by atoms with Gasteiger partial charge in [0.1, 0.15) is 5.75 Å². The highest BCUT2D eigenvalue weighted by molar-refractivity contribution is 5.80. The van der Waals surface area contributed by atoms with Crippen LogP contribution in [0.5, 0.6) is 5.75 Å². The highest BCUT2D eigenvalue weighted by Gasteiger charge is 2.34. The van der Waals surface area contributed by atoms with Crippen LogP contribution in [0.25, 0.3) is 0 Å². The van der Waals surface area contributed by atoms with Crippen LogP contribution in [-0.2, 0) is 16.7 Å². The molecule has 0 bridgehead atoms. The summed E-state index contributed by atoms with van der Waals surface area (Å²) in [6.45, 7) is 2.22. The Morgan fingerprint density at radius 1 is 1.07 bits per heavy atom. The molecule has 1 heterocycles. The predicted molar refractivity (Wildman–Crippen MR) is 114 cm³/mol. The van der Waals surface area contributed by atoms with Crippen LogP contribution in [0, 0.1) is 0 Å². The first-order valence-electron chi connectivity index (χ1n) is 10.3. The van der Waals surface area contributed by atoms with E-state index in [1.165, 1.54) is 11.6 Å². The van der Waals surface area contributed by atoms with Crippen molar-refractivity contribution in [2.24, 2.45) is 4.99 Å². The number of halogens is 2. The van der Waals surface area contributed by atoms with E-state index in [4.69, 9.17) is 4.74 Å². The van der Waals surface area contributed by atoms with Crippen LogP contribution in [-0.4, -0.2) is 38.9 Å². The predicted octanol–water partition coefficient (Wildman–Crippen LogP) is 4.09. The lowest BCUT2D eigenvalue weighted by Crippen LogP contribution is -2.48. The van der Waals surface area contributed by atoms with E-state index in [-0.39, 0.29) is 17.7 Å². The number of nitrogens with zero attached hydrogens (tertiary/aromatic N) is 1. The molecular formula is C23H29F2N3O2. The molecule has 162 valence electrons. The number of para-hydroxylation sites is 1. The van der Waals surface area contributed by atoms with Gasteiger partial charge in [-0.3, -0.25) is 0 Å². The quantitative estimate of drug-likeness (QED) is 0.502. The van der Waals surface area contributed by atoms with E-state index < -0.39 is 6.61 Å². The van der Waals surface area contributed by atoms with Crippen LogP contribution in [0.4, 0.5) is 8.78 Å². The molecule has 2 aromatic carbocycles. The lowest BCUT2D eigenvalue weighted by Gasteiger charge is -2.38. The van der Waals surface area contributed by atoms with Crippen LogP contribution in [0.1, 0.15) is 30.9 Å². The van der Waals surface area contributed by atoms with Gasteiger partial charge in [-0.1, -0.05) is 48.5 Å². The maximum absolute atomic E-state index is 12.7. The second-order valence-corrected chi connectivity index (χ2v) is 7.29. The first kappa shape index (κ1) is 22.0. The van der Waals surface area contributed by atoms with Crippen molar-refractivity contribution in [2.45, 2.75) is 38.3 Å². The van der Waals surface area contributed by atoms with Crippen LogP contribution in [0.15, 0.2) is 59.6 Å². The van der Waals surface area contributed by atoms with E-state index >= 15 is 0 Å². The fraction of sp³-hybridized carbons (Fsp3) is 0.435. The number of benzene rings is 2. The molecule has 0 aliphatic carbocycles. The molecular weight excluding hydrogens is 388 g/mol. The lowest BCUT2D eigenvalue weighted by atomic mass is 9.74. The minimum Gasteiger partial charge on any atom is -0.434 e. The molecule has 0 unspecified atom stereocenters. The van der Waals surface area contributed by atoms with E-state index in [0.717, 1.165) is 26.1 Å². The number of guanidine groups is 1. The second kappa shape index (κ2) is 10.9. The Hall–Kier alpha value is -2.67. The Balaban J connectivity index is 1.73. The van der Waals surface area contributed by atoms with Gasteiger partial charge in [-0.15, -0.1) is 0 Å². The molecule has 0 aromatic heterocycles. The van der Waals surface area contributed by atoms with Gasteiger partial charge >= 0.3 is 6.61 Å². The van der Waals surface area contributed by atoms with Gasteiger partial charge in [0.05, 0.1) is 6.54 Å². The minimum absolute atomic E-state index is 0.0353. The molecule has 0 radical (unpaired) electrons. The minimum atomic E-state index is -2.86. The monoisotopic (exact) mass is 417 g/mol. The standard InChI is InChI=1S/C23H29F2N3O2/c1-2-26-22(27-16-18-8-6-7-11-20(18)30-21(24)25)28-17-23(12-14-29-15-13-23)19-9-4-3-5-10-19/h3-11,21H,2,12-17H2,1H3,(H2,26,27,28). The van der Waals surface area contributed by atoms with Gasteiger partial charge in [0.2, 0.25) is 0 Å². The Morgan fingerprint density at radius 2 is 1.77 bits per heavy atom. The van der Waals surface area contributed by atoms with Gasteiger partial charge in [0.15, 0.2) is 5.96 Å². The summed E-state index contributed by atoms with van der Waals surface area (Å²) >= 11 is 0. The number of ether oxygens (including phenoxy) is 2. The Labute approximate surface area is 176 Å². The third kappa shape index (κ3) is 5.92. The van der Waals surface area contributed by atoms with Crippen LogP contribution in [0.2, 0.25) is 0 Å². The van der Waals surface area contributed by atoms with Crippen molar-refractivity contribution < 1.29 is 18.3 Å². The molecule has 3 rings (SSSR count). The number of aliphatic imine (C=N–C) groups is 1. The molecule has 0 saturated carbocycles. The maximum atomic E-state index is 12.7. The normalized spacial score (nSPS) is 16.3. The summed E-state index contributed by atoms with van der Waals surface area (Å²) in [6, 6.07) is 17.2. The topological polar surface area (TPSA) is 54.9 Å². The third-order valence-electron chi connectivity index (χ3n) is 5.37. The summed E-state index contributed by atoms with van der Waals surface area (Å²) in [6.07, 6.45) is 1.85. The Bertz CT molecular complexity index is 809. The number of hydrogen-bond donors (Lipinski definition) is 2. The van der Waals surface area contributed by atoms with Crippen molar-refractivity contribution in [3.05, 3.63) is 65.7 Å². The molecule has 7 heteroatoms. The summed E-state index contributed by atoms with van der Waals surface area (Å²) in [5, 5.41) is 6.69. The van der Waals surface area contributed by atoms with Crippen molar-refractivity contribution in [3.63, 3.8) is 0 Å². The first-order valence-corrected chi connectivity index (χ1v) is 10.3. The number of nitrogens with one attached hydrogen (secondary N) is 2. The second-order valence-electron chi connectivity index (χ2n) is 7.29. The molecule has 30 heavy (non-hydrogen) atoms. The van der Waals surface area contributed by atoms with E-state index in [9.17, 15) is 8.78 Å². The number of rotatable bonds is 8. The van der Waals surface area contributed by atoms with Crippen molar-refractivity contribution in [2.75, 3.05) is 26.3 Å². The highest BCUT2D eigenvalue weighted by Crippen LogP contribution is 2.34. The summed E-state index contributed by atoms with van der Waals surface area (Å²) in [7, 11) is 0. The molecule has 2 N–H and O–H groups in total. The van der Waals surface area contributed by atoms with E-state index in [1.54, 1.807) is 18.2 Å². The van der Waals surface area contributed by atoms with Crippen LogP contribution >= 0.6 is 0 Å². The molecule has 0 atom stereocenters. The van der Waals surface area contributed by atoms with E-state index in [0.29, 0.717) is 24.6 Å². The summed E-state index contributed by atoms with van der Waals surface area (Å²) in [5.74, 6) is 0.795. The molecule has 0 spiro atoms. The molecule has 1 aliphatic rings. The molecule has 5 nitrogen and oxygen atoms in total. The fourth-order valence-electron chi connectivity index (χ4n) is 3.73. The Kier molecular flexibility index (Phi) is 8.02. The largest absolute Gasteiger partial charge is 0.434 e. The van der Waals surface area contributed by atoms with Gasteiger partial charge in [-0.05, 0) is 31.4 Å². The number of hydrogen-bond acceptors (Lipinski definition) is 3. The first-order chi connectivity index (χ1) is 14.6. The summed E-state index contributed by atoms with van der Waals surface area (Å²) in [4.78, 5) is 4.60. The summed E-state index contributed by atoms with van der Waals surface area (Å²) < 4.78 is 35.5. The zero-order valence-corrected chi connectivity index (χ0v) is 17.2. The van der Waals surface area contributed by atoms with Gasteiger partial charge in [-0.2, -0.15) is 8.78 Å². The molecule has 2 aromatic rings. The smallest absolute Gasteiger partial charge is 0.387 e. The summed E-state index contributed by atoms with van der Waals surface area (Å²) in [5.41, 5.74) is 1.86. The number of alkyl halides is 2. The van der Waals surface area contributed by atoms with E-state index in [1.807, 2.05) is 13.0 Å². The Morgan fingerprint density at radius 3 is 2.47 bits per heavy atom. The van der Waals surface area contributed by atoms with Gasteiger partial charge in [0.25, 0.3) is 0 Å². The molecule has 1 saturated heterocycles. The van der Waals surface area contributed by atoms with Crippen molar-refractivity contribution >= 4 is 5.96 Å². The molecule has 0 amide bonds. The van der Waals surface area contributed by atoms with Crippen molar-refractivity contribution in [1.82, 2.24) is 10.6 Å². The maximum Gasteiger partial charge on any atom is 0.387 e. The zero-order valence-electron chi connectivity index (χ0n) is 17.2. The molecule has 1 aliphatic heterocycles. The average molecular weight is 418 g/mol. The lowest BCUT2D eigenvalue weighted by molar-refractivity contribution is -0.0504. The van der Waals surface area contributed by atoms with E-state index in [2.05, 4.69) is 44.6 Å². The van der Waals surface area contributed by atoms with Gasteiger partial charge < -0.3 is 20.1 Å². The fourth-order valence-corrected chi connectivity index (χ4v) is 3.73. The van der Waals surface area contributed by atoms with Crippen molar-refractivity contribution in [3.8, 4) is 5.75 Å². The average Bonchev–Trinajstić information content (AvgIpc) is 2.77. The highest BCUT2D eigenvalue weighted by atomic mass is 19.3. The van der Waals surface area contributed by atoms with Crippen LogP contribution in [0.3, 0.4) is 0 Å².